The molecule has 6 heteroatoms. The average molecular weight is 522 g/mol. The van der Waals surface area contributed by atoms with Gasteiger partial charge >= 0.3 is 6.09 Å². The number of rotatable bonds is 4. The zero-order valence-corrected chi connectivity index (χ0v) is 23.6. The summed E-state index contributed by atoms with van der Waals surface area (Å²) in [6.45, 7) is 11.0. The second kappa shape index (κ2) is 10.1. The van der Waals surface area contributed by atoms with Crippen LogP contribution in [0.25, 0.3) is 0 Å². The van der Waals surface area contributed by atoms with Gasteiger partial charge in [-0.05, 0) is 104 Å². The molecule has 38 heavy (non-hydrogen) atoms. The molecule has 1 aromatic rings. The molecule has 1 aliphatic heterocycles. The summed E-state index contributed by atoms with van der Waals surface area (Å²) in [6, 6.07) is 4.06. The molecule has 8 atom stereocenters. The van der Waals surface area contributed by atoms with Crippen molar-refractivity contribution in [1.82, 2.24) is 9.88 Å². The average Bonchev–Trinajstić information content (AvgIpc) is 3.30. The number of aliphatic hydroxyl groups excluding tert-OH is 1. The Morgan fingerprint density at radius 1 is 1.08 bits per heavy atom. The summed E-state index contributed by atoms with van der Waals surface area (Å²) in [5, 5.41) is 10.3. The van der Waals surface area contributed by atoms with Gasteiger partial charge < -0.3 is 19.6 Å². The third-order valence-electron chi connectivity index (χ3n) is 11.9. The van der Waals surface area contributed by atoms with E-state index in [0.717, 1.165) is 50.1 Å². The summed E-state index contributed by atoms with van der Waals surface area (Å²) in [4.78, 5) is 21.2. The summed E-state index contributed by atoms with van der Waals surface area (Å²) in [5.41, 5.74) is 3.36. The van der Waals surface area contributed by atoms with Crippen molar-refractivity contribution in [2.45, 2.75) is 78.2 Å². The number of ether oxygens (including phenoxy) is 1. The lowest BCUT2D eigenvalue weighted by atomic mass is 9.47. The predicted octanol–water partition coefficient (Wildman–Crippen LogP) is 5.92. The number of hydrogen-bond acceptors (Lipinski definition) is 5. The lowest BCUT2D eigenvalue weighted by molar-refractivity contribution is -0.0608. The highest BCUT2D eigenvalue weighted by molar-refractivity contribution is 5.68. The van der Waals surface area contributed by atoms with Crippen LogP contribution in [0.4, 0.5) is 10.5 Å². The van der Waals surface area contributed by atoms with E-state index in [1.165, 1.54) is 37.8 Å². The van der Waals surface area contributed by atoms with Gasteiger partial charge in [0.25, 0.3) is 0 Å². The number of nitrogens with zero attached hydrogens (tertiary/aromatic N) is 3. The maximum absolute atomic E-state index is 13.0. The fourth-order valence-corrected chi connectivity index (χ4v) is 9.73. The second-order valence-corrected chi connectivity index (χ2v) is 13.6. The maximum Gasteiger partial charge on any atom is 0.409 e. The monoisotopic (exact) mass is 521 g/mol. The zero-order chi connectivity index (χ0) is 26.5. The number of hydrogen-bond donors (Lipinski definition) is 1. The van der Waals surface area contributed by atoms with Crippen molar-refractivity contribution < 1.29 is 14.6 Å². The first kappa shape index (κ1) is 26.2. The van der Waals surface area contributed by atoms with Crippen LogP contribution in [0, 0.1) is 40.4 Å². The number of carbonyl (C=O) groups is 1. The van der Waals surface area contributed by atoms with Gasteiger partial charge in [0.1, 0.15) is 0 Å². The van der Waals surface area contributed by atoms with E-state index in [1.54, 1.807) is 5.57 Å². The van der Waals surface area contributed by atoms with Gasteiger partial charge in [-0.2, -0.15) is 0 Å². The molecule has 5 aliphatic rings. The molecule has 0 unspecified atom stereocenters. The highest BCUT2D eigenvalue weighted by atomic mass is 16.6. The first-order chi connectivity index (χ1) is 18.3. The molecule has 0 aromatic carbocycles. The number of fused-ring (bicyclic) bond motifs is 5. The van der Waals surface area contributed by atoms with Crippen LogP contribution < -0.4 is 4.90 Å². The van der Waals surface area contributed by atoms with Crippen LogP contribution in [0.1, 0.15) is 72.1 Å². The van der Waals surface area contributed by atoms with E-state index in [9.17, 15) is 9.90 Å². The van der Waals surface area contributed by atoms with E-state index < -0.39 is 0 Å². The standard InChI is InChI=1S/C32H47N3O3/c1-22(21-38-30(37)35-18-16-34(17-19-35)24-10-14-33-15-11-24)27-6-7-28-26-5-4-23-20-25(36)8-12-31(23,2)29(26)9-13-32(27,28)3/h4,10-11,14-15,22,25-29,36H,5-9,12-13,16-21H2,1-3H3/t22-,25+,26+,27-,28+,29+,31+,32-/m1/s1. The number of pyridine rings is 1. The number of anilines is 1. The lowest BCUT2D eigenvalue weighted by Crippen LogP contribution is -2.51. The predicted molar refractivity (Wildman–Crippen MR) is 150 cm³/mol. The molecular formula is C32H47N3O3. The molecule has 0 radical (unpaired) electrons. The van der Waals surface area contributed by atoms with E-state index in [0.29, 0.717) is 42.4 Å². The number of carbonyl (C=O) groups excluding carboxylic acids is 1. The van der Waals surface area contributed by atoms with Gasteiger partial charge in [0.2, 0.25) is 0 Å². The van der Waals surface area contributed by atoms with Gasteiger partial charge in [0.05, 0.1) is 12.7 Å². The Bertz CT molecular complexity index is 1040. The molecule has 1 N–H and O–H groups in total. The summed E-state index contributed by atoms with van der Waals surface area (Å²) < 4.78 is 5.95. The van der Waals surface area contributed by atoms with Crippen molar-refractivity contribution in [2.24, 2.45) is 40.4 Å². The topological polar surface area (TPSA) is 65.9 Å². The first-order valence-electron chi connectivity index (χ1n) is 15.2. The highest BCUT2D eigenvalue weighted by Gasteiger charge is 2.59. The number of aromatic nitrogens is 1. The Hall–Kier alpha value is -2.08. The number of allylic oxidation sites excluding steroid dienone is 1. The number of amides is 1. The Morgan fingerprint density at radius 3 is 2.61 bits per heavy atom. The van der Waals surface area contributed by atoms with Crippen molar-refractivity contribution in [3.05, 3.63) is 36.2 Å². The van der Waals surface area contributed by atoms with E-state index in [1.807, 2.05) is 29.4 Å². The number of piperazine rings is 1. The van der Waals surface area contributed by atoms with E-state index in [2.05, 4.69) is 36.7 Å². The zero-order valence-electron chi connectivity index (χ0n) is 23.6. The molecule has 1 aromatic heterocycles. The first-order valence-corrected chi connectivity index (χ1v) is 15.2. The van der Waals surface area contributed by atoms with Crippen LogP contribution >= 0.6 is 0 Å². The SMILES string of the molecule is C[C@H](COC(=O)N1CCN(c2ccncc2)CC1)[C@H]1CC[C@H]2[C@@H]3CC=C4C[C@@H](O)CC[C@]4(C)[C@H]3CC[C@]12C. The Morgan fingerprint density at radius 2 is 1.84 bits per heavy atom. The van der Waals surface area contributed by atoms with Crippen molar-refractivity contribution in [3.63, 3.8) is 0 Å². The molecule has 1 amide bonds. The van der Waals surface area contributed by atoms with Crippen molar-refractivity contribution in [3.8, 4) is 0 Å². The van der Waals surface area contributed by atoms with Crippen LogP contribution in [0.15, 0.2) is 36.2 Å². The van der Waals surface area contributed by atoms with Crippen LogP contribution in [-0.2, 0) is 4.74 Å². The van der Waals surface area contributed by atoms with Gasteiger partial charge in [0.15, 0.2) is 0 Å². The fourth-order valence-electron chi connectivity index (χ4n) is 9.73. The smallest absolute Gasteiger partial charge is 0.409 e. The van der Waals surface area contributed by atoms with Crippen molar-refractivity contribution in [2.75, 3.05) is 37.7 Å². The molecule has 6 nitrogen and oxygen atoms in total. The van der Waals surface area contributed by atoms with Gasteiger partial charge in [-0.1, -0.05) is 32.4 Å². The largest absolute Gasteiger partial charge is 0.449 e. The van der Waals surface area contributed by atoms with E-state index in [4.69, 9.17) is 4.74 Å². The third kappa shape index (κ3) is 4.45. The summed E-state index contributed by atoms with van der Waals surface area (Å²) in [5.74, 6) is 3.32. The second-order valence-electron chi connectivity index (χ2n) is 13.6. The van der Waals surface area contributed by atoms with Crippen LogP contribution in [0.5, 0.6) is 0 Å². The molecule has 3 saturated carbocycles. The Kier molecular flexibility index (Phi) is 6.99. The minimum atomic E-state index is -0.146. The minimum absolute atomic E-state index is 0.135. The lowest BCUT2D eigenvalue weighted by Gasteiger charge is -2.58. The normalized spacial score (nSPS) is 39.5. The van der Waals surface area contributed by atoms with Gasteiger partial charge in [-0.25, -0.2) is 4.79 Å². The quantitative estimate of drug-likeness (QED) is 0.499. The van der Waals surface area contributed by atoms with Crippen LogP contribution in [-0.4, -0.2) is 60.0 Å². The highest BCUT2D eigenvalue weighted by Crippen LogP contribution is 2.67. The molecule has 4 aliphatic carbocycles. The van der Waals surface area contributed by atoms with Crippen molar-refractivity contribution in [1.29, 1.82) is 0 Å². The third-order valence-corrected chi connectivity index (χ3v) is 11.9. The summed E-state index contributed by atoms with van der Waals surface area (Å²) in [6.07, 6.45) is 15.3. The fraction of sp³-hybridized carbons (Fsp3) is 0.750. The van der Waals surface area contributed by atoms with Crippen molar-refractivity contribution >= 4 is 11.8 Å². The summed E-state index contributed by atoms with van der Waals surface area (Å²) in [7, 11) is 0. The molecule has 0 bridgehead atoms. The minimum Gasteiger partial charge on any atom is -0.449 e. The van der Waals surface area contributed by atoms with E-state index in [-0.39, 0.29) is 12.2 Å². The van der Waals surface area contributed by atoms with E-state index >= 15 is 0 Å². The molecule has 208 valence electrons. The maximum atomic E-state index is 13.0. The summed E-state index contributed by atoms with van der Waals surface area (Å²) >= 11 is 0. The molecule has 2 heterocycles. The van der Waals surface area contributed by atoms with Crippen LogP contribution in [0.3, 0.4) is 0 Å². The van der Waals surface area contributed by atoms with Gasteiger partial charge in [-0.15, -0.1) is 0 Å². The van der Waals surface area contributed by atoms with Gasteiger partial charge in [-0.3, -0.25) is 4.98 Å². The molecule has 4 fully saturated rings. The molecule has 6 rings (SSSR count). The molecule has 0 spiro atoms. The van der Waals surface area contributed by atoms with Crippen LogP contribution in [0.2, 0.25) is 0 Å². The molecule has 1 saturated heterocycles. The number of aliphatic hydroxyl groups is 1. The van der Waals surface area contributed by atoms with Gasteiger partial charge in [0, 0.05) is 44.3 Å². The Labute approximate surface area is 228 Å². The Balaban J connectivity index is 1.04. The molecular weight excluding hydrogens is 474 g/mol.